The highest BCUT2D eigenvalue weighted by molar-refractivity contribution is 6.09. The van der Waals surface area contributed by atoms with E-state index in [1.165, 1.54) is 0 Å². The first-order valence-corrected chi connectivity index (χ1v) is 7.87. The molecule has 0 saturated heterocycles. The fourth-order valence-electron chi connectivity index (χ4n) is 2.59. The Kier molecular flexibility index (Phi) is 4.21. The van der Waals surface area contributed by atoms with Crippen molar-refractivity contribution in [3.05, 3.63) is 70.4 Å². The van der Waals surface area contributed by atoms with E-state index in [9.17, 15) is 4.79 Å². The van der Waals surface area contributed by atoms with Crippen molar-refractivity contribution in [2.45, 2.75) is 27.7 Å². The molecule has 0 fully saturated rings. The van der Waals surface area contributed by atoms with Crippen LogP contribution in [0.1, 0.15) is 32.7 Å². The predicted molar refractivity (Wildman–Crippen MR) is 95.3 cm³/mol. The Bertz CT molecular complexity index is 893. The average molecular weight is 320 g/mol. The van der Waals surface area contributed by atoms with E-state index in [0.717, 1.165) is 27.9 Å². The van der Waals surface area contributed by atoms with E-state index in [1.807, 2.05) is 63.2 Å². The fraction of sp³-hybridized carbons (Fsp3) is 0.200. The van der Waals surface area contributed by atoms with Crippen LogP contribution in [-0.2, 0) is 0 Å². The van der Waals surface area contributed by atoms with Crippen LogP contribution in [0.5, 0.6) is 0 Å². The molecule has 3 aromatic rings. The largest absolute Gasteiger partial charge is 0.355 e. The Morgan fingerprint density at radius 1 is 0.958 bits per heavy atom. The molecule has 0 bridgehead atoms. The van der Waals surface area contributed by atoms with Crippen LogP contribution in [0.3, 0.4) is 0 Å². The standard InChI is InChI=1S/C20H20N2O2/c1-12-6-9-16(10-7-12)19-18(15(4)22-24-19)20(23)21-17-11-13(2)5-8-14(17)3/h5-11H,1-4H3,(H,21,23). The molecule has 0 radical (unpaired) electrons. The van der Waals surface area contributed by atoms with Crippen LogP contribution in [-0.4, -0.2) is 11.1 Å². The number of hydrogen-bond acceptors (Lipinski definition) is 3. The number of rotatable bonds is 3. The maximum atomic E-state index is 12.8. The van der Waals surface area contributed by atoms with Gasteiger partial charge in [0, 0.05) is 11.3 Å². The molecule has 0 aliphatic carbocycles. The van der Waals surface area contributed by atoms with Crippen molar-refractivity contribution in [1.29, 1.82) is 0 Å². The summed E-state index contributed by atoms with van der Waals surface area (Å²) in [6.07, 6.45) is 0. The number of carbonyl (C=O) groups excluding carboxylic acids is 1. The minimum atomic E-state index is -0.210. The zero-order valence-electron chi connectivity index (χ0n) is 14.3. The normalized spacial score (nSPS) is 10.7. The molecule has 4 nitrogen and oxygen atoms in total. The highest BCUT2D eigenvalue weighted by Crippen LogP contribution is 2.28. The third-order valence-corrected chi connectivity index (χ3v) is 4.04. The maximum absolute atomic E-state index is 12.8. The number of amides is 1. The van der Waals surface area contributed by atoms with Gasteiger partial charge in [0.05, 0.1) is 5.69 Å². The first-order valence-electron chi connectivity index (χ1n) is 7.87. The summed E-state index contributed by atoms with van der Waals surface area (Å²) in [5.41, 5.74) is 5.95. The van der Waals surface area contributed by atoms with E-state index in [1.54, 1.807) is 6.92 Å². The van der Waals surface area contributed by atoms with Crippen LogP contribution >= 0.6 is 0 Å². The van der Waals surface area contributed by atoms with Crippen LogP contribution < -0.4 is 5.32 Å². The number of carbonyl (C=O) groups is 1. The lowest BCUT2D eigenvalue weighted by Crippen LogP contribution is -2.14. The van der Waals surface area contributed by atoms with Gasteiger partial charge in [-0.1, -0.05) is 47.1 Å². The lowest BCUT2D eigenvalue weighted by molar-refractivity contribution is 0.102. The number of benzene rings is 2. The zero-order chi connectivity index (χ0) is 17.3. The Balaban J connectivity index is 1.97. The summed E-state index contributed by atoms with van der Waals surface area (Å²) in [6, 6.07) is 13.8. The summed E-state index contributed by atoms with van der Waals surface area (Å²) < 4.78 is 5.42. The second-order valence-corrected chi connectivity index (χ2v) is 6.11. The molecule has 1 aromatic heterocycles. The fourth-order valence-corrected chi connectivity index (χ4v) is 2.59. The summed E-state index contributed by atoms with van der Waals surface area (Å²) in [5.74, 6) is 0.285. The van der Waals surface area contributed by atoms with Gasteiger partial charge in [-0.25, -0.2) is 0 Å². The predicted octanol–water partition coefficient (Wildman–Crippen LogP) is 4.83. The van der Waals surface area contributed by atoms with Gasteiger partial charge < -0.3 is 9.84 Å². The number of anilines is 1. The summed E-state index contributed by atoms with van der Waals surface area (Å²) in [5, 5.41) is 6.96. The molecule has 0 aliphatic heterocycles. The highest BCUT2D eigenvalue weighted by Gasteiger charge is 2.22. The van der Waals surface area contributed by atoms with Crippen molar-refractivity contribution < 1.29 is 9.32 Å². The molecule has 0 atom stereocenters. The van der Waals surface area contributed by atoms with E-state index >= 15 is 0 Å². The first kappa shape index (κ1) is 16.0. The number of aryl methyl sites for hydroxylation is 4. The second kappa shape index (κ2) is 6.32. The van der Waals surface area contributed by atoms with Gasteiger partial charge in [-0.05, 0) is 44.9 Å². The summed E-state index contributed by atoms with van der Waals surface area (Å²) in [7, 11) is 0. The monoisotopic (exact) mass is 320 g/mol. The Morgan fingerprint density at radius 3 is 2.33 bits per heavy atom. The van der Waals surface area contributed by atoms with Gasteiger partial charge in [-0.15, -0.1) is 0 Å². The summed E-state index contributed by atoms with van der Waals surface area (Å²) >= 11 is 0. The van der Waals surface area contributed by atoms with Crippen molar-refractivity contribution in [2.75, 3.05) is 5.32 Å². The maximum Gasteiger partial charge on any atom is 0.261 e. The van der Waals surface area contributed by atoms with Gasteiger partial charge in [0.1, 0.15) is 5.56 Å². The van der Waals surface area contributed by atoms with E-state index < -0.39 is 0 Å². The number of nitrogens with one attached hydrogen (secondary N) is 1. The van der Waals surface area contributed by atoms with Crippen LogP contribution in [0.4, 0.5) is 5.69 Å². The Hall–Kier alpha value is -2.88. The first-order chi connectivity index (χ1) is 11.5. The molecule has 0 spiro atoms. The molecule has 2 aromatic carbocycles. The molecule has 0 saturated carbocycles. The molecule has 24 heavy (non-hydrogen) atoms. The second-order valence-electron chi connectivity index (χ2n) is 6.11. The van der Waals surface area contributed by atoms with E-state index in [-0.39, 0.29) is 5.91 Å². The zero-order valence-corrected chi connectivity index (χ0v) is 14.3. The smallest absolute Gasteiger partial charge is 0.261 e. The summed E-state index contributed by atoms with van der Waals surface area (Å²) in [4.78, 5) is 12.8. The molecule has 122 valence electrons. The van der Waals surface area contributed by atoms with Crippen LogP contribution in [0.15, 0.2) is 47.0 Å². The van der Waals surface area contributed by atoms with Gasteiger partial charge in [0.2, 0.25) is 0 Å². The van der Waals surface area contributed by atoms with Crippen molar-refractivity contribution in [2.24, 2.45) is 0 Å². The molecule has 1 N–H and O–H groups in total. The van der Waals surface area contributed by atoms with E-state index in [0.29, 0.717) is 17.0 Å². The quantitative estimate of drug-likeness (QED) is 0.752. The molecular weight excluding hydrogens is 300 g/mol. The van der Waals surface area contributed by atoms with Crippen molar-refractivity contribution in [3.63, 3.8) is 0 Å². The van der Waals surface area contributed by atoms with Gasteiger partial charge in [0.15, 0.2) is 5.76 Å². The summed E-state index contributed by atoms with van der Waals surface area (Å²) in [6.45, 7) is 7.76. The third-order valence-electron chi connectivity index (χ3n) is 4.04. The van der Waals surface area contributed by atoms with Crippen LogP contribution in [0.2, 0.25) is 0 Å². The van der Waals surface area contributed by atoms with E-state index in [2.05, 4.69) is 10.5 Å². The van der Waals surface area contributed by atoms with Crippen molar-refractivity contribution >= 4 is 11.6 Å². The van der Waals surface area contributed by atoms with Gasteiger partial charge in [0.25, 0.3) is 5.91 Å². The minimum Gasteiger partial charge on any atom is -0.355 e. The number of aromatic nitrogens is 1. The SMILES string of the molecule is Cc1ccc(-c2onc(C)c2C(=O)Nc2cc(C)ccc2C)cc1. The van der Waals surface area contributed by atoms with Crippen LogP contribution in [0, 0.1) is 27.7 Å². The topological polar surface area (TPSA) is 55.1 Å². The average Bonchev–Trinajstić information content (AvgIpc) is 2.93. The Morgan fingerprint density at radius 2 is 1.62 bits per heavy atom. The molecule has 4 heteroatoms. The molecule has 3 rings (SSSR count). The molecular formula is C20H20N2O2. The van der Waals surface area contributed by atoms with Crippen molar-refractivity contribution in [1.82, 2.24) is 5.16 Å². The highest BCUT2D eigenvalue weighted by atomic mass is 16.5. The van der Waals surface area contributed by atoms with E-state index in [4.69, 9.17) is 4.52 Å². The molecule has 0 unspecified atom stereocenters. The third kappa shape index (κ3) is 3.08. The number of nitrogens with zero attached hydrogens (tertiary/aromatic N) is 1. The lowest BCUT2D eigenvalue weighted by atomic mass is 10.0. The van der Waals surface area contributed by atoms with Gasteiger partial charge in [-0.3, -0.25) is 4.79 Å². The lowest BCUT2D eigenvalue weighted by Gasteiger charge is -2.09. The minimum absolute atomic E-state index is 0.210. The molecule has 0 aliphatic rings. The van der Waals surface area contributed by atoms with Crippen LogP contribution in [0.25, 0.3) is 11.3 Å². The van der Waals surface area contributed by atoms with Crippen molar-refractivity contribution in [3.8, 4) is 11.3 Å². The molecule has 1 amide bonds. The van der Waals surface area contributed by atoms with Gasteiger partial charge >= 0.3 is 0 Å². The number of hydrogen-bond donors (Lipinski definition) is 1. The van der Waals surface area contributed by atoms with Gasteiger partial charge in [-0.2, -0.15) is 0 Å². The molecule has 1 heterocycles. The Labute approximate surface area is 141 Å².